The molecule has 0 radical (unpaired) electrons. The minimum atomic E-state index is -3.53. The highest BCUT2D eigenvalue weighted by atomic mass is 35.5. The third kappa shape index (κ3) is 5.94. The normalized spacial score (nSPS) is 13.0. The predicted molar refractivity (Wildman–Crippen MR) is 99.8 cm³/mol. The van der Waals surface area contributed by atoms with Crippen molar-refractivity contribution >= 4 is 44.9 Å². The fourth-order valence-electron chi connectivity index (χ4n) is 2.40. The van der Waals surface area contributed by atoms with Gasteiger partial charge in [0.05, 0.1) is 12.9 Å². The van der Waals surface area contributed by atoms with Crippen molar-refractivity contribution in [2.45, 2.75) is 18.8 Å². The predicted octanol–water partition coefficient (Wildman–Crippen LogP) is 5.34. The lowest BCUT2D eigenvalue weighted by Gasteiger charge is -2.19. The second-order valence-electron chi connectivity index (χ2n) is 5.48. The van der Waals surface area contributed by atoms with Crippen LogP contribution in [0.25, 0.3) is 0 Å². The van der Waals surface area contributed by atoms with Crippen LogP contribution in [-0.2, 0) is 20.7 Å². The van der Waals surface area contributed by atoms with Crippen molar-refractivity contribution in [1.82, 2.24) is 0 Å². The Kier molecular flexibility index (Phi) is 6.96. The van der Waals surface area contributed by atoms with Gasteiger partial charge in [0.2, 0.25) is 0 Å². The summed E-state index contributed by atoms with van der Waals surface area (Å²) in [4.78, 5) is 0. The molecule has 0 aliphatic carbocycles. The topological polar surface area (TPSA) is 43.4 Å². The van der Waals surface area contributed by atoms with E-state index in [9.17, 15) is 8.42 Å². The summed E-state index contributed by atoms with van der Waals surface area (Å²) in [6, 6.07) is 12.7. The lowest BCUT2D eigenvalue weighted by atomic mass is 9.93. The summed E-state index contributed by atoms with van der Waals surface area (Å²) in [7, 11) is -3.53. The number of rotatable bonds is 7. The molecule has 0 aliphatic rings. The number of benzene rings is 2. The fraction of sp³-hybridized carbons (Fsp3) is 0.294. The Labute approximate surface area is 157 Å². The van der Waals surface area contributed by atoms with E-state index in [0.29, 0.717) is 27.9 Å². The van der Waals surface area contributed by atoms with E-state index in [2.05, 4.69) is 0 Å². The van der Waals surface area contributed by atoms with Gasteiger partial charge in [-0.15, -0.1) is 0 Å². The quantitative estimate of drug-likeness (QED) is 0.582. The van der Waals surface area contributed by atoms with Crippen LogP contribution in [0.2, 0.25) is 15.1 Å². The molecule has 0 aliphatic heterocycles. The maximum Gasteiger partial charge on any atom is 0.264 e. The summed E-state index contributed by atoms with van der Waals surface area (Å²) < 4.78 is 27.7. The molecule has 2 rings (SSSR count). The zero-order valence-corrected chi connectivity index (χ0v) is 16.1. The van der Waals surface area contributed by atoms with Crippen LogP contribution in [0.3, 0.4) is 0 Å². The van der Waals surface area contributed by atoms with Gasteiger partial charge < -0.3 is 0 Å². The minimum Gasteiger partial charge on any atom is -0.270 e. The molecule has 7 heteroatoms. The number of hydrogen-bond donors (Lipinski definition) is 0. The number of aryl methyl sites for hydroxylation is 1. The molecule has 0 spiro atoms. The lowest BCUT2D eigenvalue weighted by Crippen LogP contribution is -2.13. The third-order valence-corrected chi connectivity index (χ3v) is 5.10. The molecule has 0 heterocycles. The highest BCUT2D eigenvalue weighted by Gasteiger charge is 2.18. The second-order valence-corrected chi connectivity index (χ2v) is 8.38. The molecule has 0 bridgehead atoms. The van der Waals surface area contributed by atoms with E-state index >= 15 is 0 Å². The van der Waals surface area contributed by atoms with Gasteiger partial charge in [0.15, 0.2) is 0 Å². The Hall–Kier alpha value is -0.780. The van der Waals surface area contributed by atoms with Crippen molar-refractivity contribution < 1.29 is 12.6 Å². The van der Waals surface area contributed by atoms with Gasteiger partial charge in [-0.1, -0.05) is 59.1 Å². The first-order valence-corrected chi connectivity index (χ1v) is 10.2. The molecular weight excluding hydrogens is 391 g/mol. The Balaban J connectivity index is 2.20. The summed E-state index contributed by atoms with van der Waals surface area (Å²) in [6.07, 6.45) is 2.35. The zero-order valence-electron chi connectivity index (χ0n) is 13.0. The van der Waals surface area contributed by atoms with E-state index in [1.807, 2.05) is 24.3 Å². The van der Waals surface area contributed by atoms with Gasteiger partial charge in [0.25, 0.3) is 10.1 Å². The van der Waals surface area contributed by atoms with Crippen LogP contribution in [-0.4, -0.2) is 21.3 Å². The standard InChI is InChI=1S/C17H17Cl3O3S/c1-24(21,22)23-11-13(15-9-8-14(18)10-17(15)20)7-6-12-4-2-3-5-16(12)19/h2-5,8-10,13H,6-7,11H2,1H3/t13-/m1/s1. The van der Waals surface area contributed by atoms with Crippen LogP contribution in [0.1, 0.15) is 23.5 Å². The molecule has 1 atom stereocenters. The Morgan fingerprint density at radius 1 is 1.04 bits per heavy atom. The highest BCUT2D eigenvalue weighted by Crippen LogP contribution is 2.32. The van der Waals surface area contributed by atoms with E-state index < -0.39 is 10.1 Å². The molecule has 0 fully saturated rings. The number of halogens is 3. The van der Waals surface area contributed by atoms with Crippen LogP contribution in [0.15, 0.2) is 42.5 Å². The molecule has 3 nitrogen and oxygen atoms in total. The molecule has 0 N–H and O–H groups in total. The van der Waals surface area contributed by atoms with Crippen LogP contribution in [0.5, 0.6) is 0 Å². The van der Waals surface area contributed by atoms with Crippen LogP contribution >= 0.6 is 34.8 Å². The summed E-state index contributed by atoms with van der Waals surface area (Å²) in [5, 5.41) is 1.70. The highest BCUT2D eigenvalue weighted by molar-refractivity contribution is 7.85. The van der Waals surface area contributed by atoms with Gasteiger partial charge in [-0.25, -0.2) is 0 Å². The average molecular weight is 408 g/mol. The largest absolute Gasteiger partial charge is 0.270 e. The van der Waals surface area contributed by atoms with Crippen LogP contribution in [0, 0.1) is 0 Å². The lowest BCUT2D eigenvalue weighted by molar-refractivity contribution is 0.288. The fourth-order valence-corrected chi connectivity index (χ4v) is 3.60. The Bertz CT molecular complexity index is 806. The molecule has 130 valence electrons. The molecule has 0 saturated carbocycles. The molecule has 0 unspecified atom stereocenters. The molecule has 2 aromatic rings. The van der Waals surface area contributed by atoms with Crippen molar-refractivity contribution in [1.29, 1.82) is 0 Å². The van der Waals surface area contributed by atoms with Crippen molar-refractivity contribution in [3.63, 3.8) is 0 Å². The van der Waals surface area contributed by atoms with Crippen LogP contribution < -0.4 is 0 Å². The summed E-state index contributed by atoms with van der Waals surface area (Å²) >= 11 is 18.4. The molecule has 0 saturated heterocycles. The first kappa shape index (κ1) is 19.5. The molecule has 0 amide bonds. The van der Waals surface area contributed by atoms with Crippen molar-refractivity contribution in [3.8, 4) is 0 Å². The molecular formula is C17H17Cl3O3S. The Morgan fingerprint density at radius 2 is 1.75 bits per heavy atom. The van der Waals surface area contributed by atoms with Crippen LogP contribution in [0.4, 0.5) is 0 Å². The average Bonchev–Trinajstić information content (AvgIpc) is 2.49. The van der Waals surface area contributed by atoms with Gasteiger partial charge >= 0.3 is 0 Å². The van der Waals surface area contributed by atoms with Gasteiger partial charge in [0.1, 0.15) is 0 Å². The van der Waals surface area contributed by atoms with E-state index in [4.69, 9.17) is 39.0 Å². The monoisotopic (exact) mass is 406 g/mol. The summed E-state index contributed by atoms with van der Waals surface area (Å²) in [5.74, 6) is -0.194. The van der Waals surface area contributed by atoms with Gasteiger partial charge in [0, 0.05) is 21.0 Å². The van der Waals surface area contributed by atoms with E-state index in [0.717, 1.165) is 17.4 Å². The maximum absolute atomic E-state index is 11.3. The second kappa shape index (κ2) is 8.54. The maximum atomic E-state index is 11.3. The summed E-state index contributed by atoms with van der Waals surface area (Å²) in [6.45, 7) is 0.0185. The van der Waals surface area contributed by atoms with Crippen molar-refractivity contribution in [2.75, 3.05) is 12.9 Å². The zero-order chi connectivity index (χ0) is 17.7. The van der Waals surface area contributed by atoms with E-state index in [-0.39, 0.29) is 12.5 Å². The Morgan fingerprint density at radius 3 is 2.38 bits per heavy atom. The van der Waals surface area contributed by atoms with Crippen molar-refractivity contribution in [2.24, 2.45) is 0 Å². The molecule has 0 aromatic heterocycles. The SMILES string of the molecule is CS(=O)(=O)OC[C@@H](CCc1ccccc1Cl)c1ccc(Cl)cc1Cl. The third-order valence-electron chi connectivity index (χ3n) is 3.61. The molecule has 2 aromatic carbocycles. The minimum absolute atomic E-state index is 0.0185. The van der Waals surface area contributed by atoms with Gasteiger partial charge in [-0.2, -0.15) is 8.42 Å². The van der Waals surface area contributed by atoms with Gasteiger partial charge in [-0.05, 0) is 42.2 Å². The summed E-state index contributed by atoms with van der Waals surface area (Å²) in [5.41, 5.74) is 1.80. The first-order valence-electron chi connectivity index (χ1n) is 7.29. The molecule has 24 heavy (non-hydrogen) atoms. The number of hydrogen-bond acceptors (Lipinski definition) is 3. The van der Waals surface area contributed by atoms with Gasteiger partial charge in [-0.3, -0.25) is 4.18 Å². The van der Waals surface area contributed by atoms with E-state index in [1.54, 1.807) is 18.2 Å². The van der Waals surface area contributed by atoms with E-state index in [1.165, 1.54) is 0 Å². The smallest absolute Gasteiger partial charge is 0.264 e. The first-order chi connectivity index (χ1) is 11.3. The van der Waals surface area contributed by atoms with Crippen molar-refractivity contribution in [3.05, 3.63) is 68.7 Å².